The smallest absolute Gasteiger partial charge is 0.155 e. The lowest BCUT2D eigenvalue weighted by Crippen LogP contribution is -1.88. The SMILES string of the molecule is Fc1cc(Cl)cc(-c2nccnc2Cl)c1. The number of hydrogen-bond acceptors (Lipinski definition) is 2. The van der Waals surface area contributed by atoms with Crippen LogP contribution in [0.25, 0.3) is 11.3 Å². The van der Waals surface area contributed by atoms with Gasteiger partial charge in [0.2, 0.25) is 0 Å². The van der Waals surface area contributed by atoms with Gasteiger partial charge in [-0.05, 0) is 18.2 Å². The Hall–Kier alpha value is -1.19. The molecule has 0 aliphatic rings. The van der Waals surface area contributed by atoms with Crippen molar-refractivity contribution in [2.45, 2.75) is 0 Å². The molecule has 0 spiro atoms. The van der Waals surface area contributed by atoms with Crippen molar-refractivity contribution in [3.63, 3.8) is 0 Å². The van der Waals surface area contributed by atoms with Gasteiger partial charge in [0.15, 0.2) is 5.15 Å². The van der Waals surface area contributed by atoms with E-state index in [-0.39, 0.29) is 5.15 Å². The van der Waals surface area contributed by atoms with Crippen molar-refractivity contribution in [1.29, 1.82) is 0 Å². The third-order valence-electron chi connectivity index (χ3n) is 1.79. The van der Waals surface area contributed by atoms with Crippen LogP contribution in [0.3, 0.4) is 0 Å². The summed E-state index contributed by atoms with van der Waals surface area (Å²) in [7, 11) is 0. The summed E-state index contributed by atoms with van der Waals surface area (Å²) in [6.45, 7) is 0. The van der Waals surface area contributed by atoms with E-state index in [1.165, 1.54) is 24.5 Å². The average Bonchev–Trinajstić information content (AvgIpc) is 2.16. The Morgan fingerprint density at radius 1 is 1.00 bits per heavy atom. The van der Waals surface area contributed by atoms with E-state index in [1.807, 2.05) is 0 Å². The Labute approximate surface area is 95.7 Å². The summed E-state index contributed by atoms with van der Waals surface area (Å²) in [4.78, 5) is 7.86. The van der Waals surface area contributed by atoms with E-state index in [2.05, 4.69) is 9.97 Å². The van der Waals surface area contributed by atoms with Crippen LogP contribution in [-0.2, 0) is 0 Å². The zero-order valence-corrected chi connectivity index (χ0v) is 8.93. The fourth-order valence-electron chi connectivity index (χ4n) is 1.21. The number of aromatic nitrogens is 2. The van der Waals surface area contributed by atoms with Gasteiger partial charge in [-0.3, -0.25) is 4.98 Å². The first-order chi connectivity index (χ1) is 7.16. The standard InChI is InChI=1S/C10H5Cl2FN2/c11-7-3-6(4-8(13)5-7)9-10(12)15-2-1-14-9/h1-5H. The molecule has 0 saturated carbocycles. The maximum Gasteiger partial charge on any atom is 0.155 e. The molecule has 2 rings (SSSR count). The van der Waals surface area contributed by atoms with Crippen LogP contribution >= 0.6 is 23.2 Å². The molecule has 0 amide bonds. The minimum atomic E-state index is -0.431. The summed E-state index contributed by atoms with van der Waals surface area (Å²) in [6.07, 6.45) is 2.95. The molecule has 0 unspecified atom stereocenters. The van der Waals surface area contributed by atoms with Gasteiger partial charge in [0, 0.05) is 23.0 Å². The number of nitrogens with zero attached hydrogens (tertiary/aromatic N) is 2. The number of hydrogen-bond donors (Lipinski definition) is 0. The second-order valence-corrected chi connectivity index (χ2v) is 3.65. The number of benzene rings is 1. The molecule has 1 heterocycles. The van der Waals surface area contributed by atoms with Crippen molar-refractivity contribution in [1.82, 2.24) is 9.97 Å². The third kappa shape index (κ3) is 2.25. The van der Waals surface area contributed by atoms with Gasteiger partial charge in [0.25, 0.3) is 0 Å². The summed E-state index contributed by atoms with van der Waals surface area (Å²) in [5.74, 6) is -0.431. The van der Waals surface area contributed by atoms with Gasteiger partial charge in [-0.2, -0.15) is 0 Å². The van der Waals surface area contributed by atoms with Crippen LogP contribution in [0, 0.1) is 5.82 Å². The normalized spacial score (nSPS) is 10.3. The van der Waals surface area contributed by atoms with Crippen LogP contribution in [0.2, 0.25) is 10.2 Å². The molecule has 2 nitrogen and oxygen atoms in total. The lowest BCUT2D eigenvalue weighted by atomic mass is 10.1. The Morgan fingerprint density at radius 3 is 2.40 bits per heavy atom. The first-order valence-electron chi connectivity index (χ1n) is 4.10. The predicted molar refractivity (Wildman–Crippen MR) is 57.4 cm³/mol. The Morgan fingerprint density at radius 2 is 1.73 bits per heavy atom. The number of rotatable bonds is 1. The molecule has 0 aliphatic heterocycles. The van der Waals surface area contributed by atoms with Crippen LogP contribution in [0.1, 0.15) is 0 Å². The lowest BCUT2D eigenvalue weighted by molar-refractivity contribution is 0.628. The van der Waals surface area contributed by atoms with E-state index in [0.29, 0.717) is 16.3 Å². The molecule has 76 valence electrons. The van der Waals surface area contributed by atoms with Crippen LogP contribution < -0.4 is 0 Å². The Bertz CT molecular complexity index is 482. The molecule has 15 heavy (non-hydrogen) atoms. The van der Waals surface area contributed by atoms with Crippen LogP contribution in [-0.4, -0.2) is 9.97 Å². The summed E-state index contributed by atoms with van der Waals surface area (Å²) in [5.41, 5.74) is 0.929. The van der Waals surface area contributed by atoms with E-state index < -0.39 is 5.82 Å². The van der Waals surface area contributed by atoms with Gasteiger partial charge in [0.05, 0.1) is 0 Å². The second kappa shape index (κ2) is 4.13. The van der Waals surface area contributed by atoms with Gasteiger partial charge in [-0.25, -0.2) is 9.37 Å². The van der Waals surface area contributed by atoms with Crippen LogP contribution in [0.15, 0.2) is 30.6 Å². The molecule has 0 saturated heterocycles. The predicted octanol–water partition coefficient (Wildman–Crippen LogP) is 3.59. The van der Waals surface area contributed by atoms with Gasteiger partial charge in [-0.1, -0.05) is 23.2 Å². The van der Waals surface area contributed by atoms with Crippen molar-refractivity contribution >= 4 is 23.2 Å². The van der Waals surface area contributed by atoms with Crippen molar-refractivity contribution in [2.75, 3.05) is 0 Å². The quantitative estimate of drug-likeness (QED) is 0.764. The zero-order valence-electron chi connectivity index (χ0n) is 7.42. The summed E-state index contributed by atoms with van der Waals surface area (Å²) >= 11 is 11.5. The van der Waals surface area contributed by atoms with Crippen LogP contribution in [0.4, 0.5) is 4.39 Å². The molecule has 2 aromatic rings. The van der Waals surface area contributed by atoms with E-state index in [4.69, 9.17) is 23.2 Å². The fourth-order valence-corrected chi connectivity index (χ4v) is 1.64. The highest BCUT2D eigenvalue weighted by Crippen LogP contribution is 2.26. The second-order valence-electron chi connectivity index (χ2n) is 2.85. The van der Waals surface area contributed by atoms with E-state index in [0.717, 1.165) is 0 Å². The van der Waals surface area contributed by atoms with Crippen LogP contribution in [0.5, 0.6) is 0 Å². The largest absolute Gasteiger partial charge is 0.251 e. The summed E-state index contributed by atoms with van der Waals surface area (Å²) in [5, 5.41) is 0.519. The third-order valence-corrected chi connectivity index (χ3v) is 2.28. The molecule has 1 aromatic carbocycles. The van der Waals surface area contributed by atoms with Crippen molar-refractivity contribution < 1.29 is 4.39 Å². The highest BCUT2D eigenvalue weighted by atomic mass is 35.5. The van der Waals surface area contributed by atoms with Gasteiger partial charge >= 0.3 is 0 Å². The molecule has 0 aliphatic carbocycles. The molecule has 0 radical (unpaired) electrons. The molecule has 0 atom stereocenters. The topological polar surface area (TPSA) is 25.8 Å². The van der Waals surface area contributed by atoms with Gasteiger partial charge in [-0.15, -0.1) is 0 Å². The van der Waals surface area contributed by atoms with E-state index in [1.54, 1.807) is 6.07 Å². The van der Waals surface area contributed by atoms with E-state index >= 15 is 0 Å². The molecular weight excluding hydrogens is 238 g/mol. The lowest BCUT2D eigenvalue weighted by Gasteiger charge is -2.02. The molecule has 5 heteroatoms. The highest BCUT2D eigenvalue weighted by molar-refractivity contribution is 6.32. The monoisotopic (exact) mass is 242 g/mol. The van der Waals surface area contributed by atoms with Crippen molar-refractivity contribution in [3.05, 3.63) is 46.6 Å². The van der Waals surface area contributed by atoms with Crippen molar-refractivity contribution in [2.24, 2.45) is 0 Å². The maximum atomic E-state index is 13.1. The summed E-state index contributed by atoms with van der Waals surface area (Å²) < 4.78 is 13.1. The molecule has 0 bridgehead atoms. The Balaban J connectivity index is 2.59. The van der Waals surface area contributed by atoms with Crippen molar-refractivity contribution in [3.8, 4) is 11.3 Å². The minimum absolute atomic E-state index is 0.221. The first kappa shape index (κ1) is 10.3. The van der Waals surface area contributed by atoms with Gasteiger partial charge in [0.1, 0.15) is 11.5 Å². The fraction of sp³-hybridized carbons (Fsp3) is 0. The van der Waals surface area contributed by atoms with E-state index in [9.17, 15) is 4.39 Å². The Kier molecular flexibility index (Phi) is 2.84. The zero-order chi connectivity index (χ0) is 10.8. The average molecular weight is 243 g/mol. The maximum absolute atomic E-state index is 13.1. The molecular formula is C10H5Cl2FN2. The molecule has 0 N–H and O–H groups in total. The summed E-state index contributed by atoms with van der Waals surface area (Å²) in [6, 6.07) is 4.11. The highest BCUT2D eigenvalue weighted by Gasteiger charge is 2.07. The molecule has 1 aromatic heterocycles. The first-order valence-corrected chi connectivity index (χ1v) is 4.85. The number of halogens is 3. The van der Waals surface area contributed by atoms with Gasteiger partial charge < -0.3 is 0 Å². The minimum Gasteiger partial charge on any atom is -0.251 e. The molecule has 0 fully saturated rings.